The van der Waals surface area contributed by atoms with Gasteiger partial charge in [-0.25, -0.2) is 0 Å². The molecule has 0 aromatic heterocycles. The molecule has 2 nitrogen and oxygen atoms in total. The third-order valence-corrected chi connectivity index (χ3v) is 3.40. The molecule has 0 bridgehead atoms. The molecule has 2 heteroatoms. The fourth-order valence-electron chi connectivity index (χ4n) is 2.40. The number of nitrogens with two attached hydrogens (primary N) is 1. The minimum Gasteiger partial charge on any atom is -0.489 e. The van der Waals surface area contributed by atoms with Crippen LogP contribution in [0.15, 0.2) is 36.4 Å². The predicted octanol–water partition coefficient (Wildman–Crippen LogP) is 3.65. The van der Waals surface area contributed by atoms with Gasteiger partial charge in [0.25, 0.3) is 0 Å². The number of para-hydroxylation sites is 1. The maximum Gasteiger partial charge on any atom is 0.124 e. The zero-order valence-electron chi connectivity index (χ0n) is 11.9. The molecule has 2 N–H and O–H groups in total. The van der Waals surface area contributed by atoms with Crippen LogP contribution in [0.3, 0.4) is 0 Å². The lowest BCUT2D eigenvalue weighted by Gasteiger charge is -2.14. The summed E-state index contributed by atoms with van der Waals surface area (Å²) >= 11 is 0. The summed E-state index contributed by atoms with van der Waals surface area (Å²) in [5.41, 5.74) is 11.9. The van der Waals surface area contributed by atoms with E-state index < -0.39 is 0 Å². The van der Waals surface area contributed by atoms with Crippen LogP contribution in [0, 0.1) is 20.8 Å². The summed E-state index contributed by atoms with van der Waals surface area (Å²) in [5, 5.41) is 0. The molecule has 2 aromatic carbocycles. The Hall–Kier alpha value is -1.80. The van der Waals surface area contributed by atoms with Crippen molar-refractivity contribution in [1.82, 2.24) is 0 Å². The Kier molecular flexibility index (Phi) is 4.23. The van der Waals surface area contributed by atoms with Crippen molar-refractivity contribution >= 4 is 0 Å². The van der Waals surface area contributed by atoms with Gasteiger partial charge in [0.05, 0.1) is 0 Å². The second-order valence-corrected chi connectivity index (χ2v) is 4.98. The first kappa shape index (κ1) is 13.6. The van der Waals surface area contributed by atoms with Gasteiger partial charge in [0.15, 0.2) is 0 Å². The van der Waals surface area contributed by atoms with Crippen LogP contribution in [-0.4, -0.2) is 0 Å². The maximum absolute atomic E-state index is 5.94. The van der Waals surface area contributed by atoms with Crippen molar-refractivity contribution in [2.45, 2.75) is 33.9 Å². The van der Waals surface area contributed by atoms with Gasteiger partial charge in [-0.2, -0.15) is 0 Å². The lowest BCUT2D eigenvalue weighted by molar-refractivity contribution is 0.301. The lowest BCUT2D eigenvalue weighted by atomic mass is 10.0. The van der Waals surface area contributed by atoms with E-state index in [9.17, 15) is 0 Å². The molecule has 19 heavy (non-hydrogen) atoms. The van der Waals surface area contributed by atoms with Crippen molar-refractivity contribution in [3.05, 3.63) is 64.2 Å². The molecule has 0 amide bonds. The van der Waals surface area contributed by atoms with E-state index in [1.807, 2.05) is 24.3 Å². The first-order valence-electron chi connectivity index (χ1n) is 6.59. The molecule has 0 aliphatic rings. The highest BCUT2D eigenvalue weighted by atomic mass is 16.5. The van der Waals surface area contributed by atoms with E-state index in [0.29, 0.717) is 13.2 Å². The highest BCUT2D eigenvalue weighted by molar-refractivity contribution is 5.38. The molecule has 0 spiro atoms. The summed E-state index contributed by atoms with van der Waals surface area (Å²) in [6.07, 6.45) is 0. The normalized spacial score (nSPS) is 10.5. The van der Waals surface area contributed by atoms with Crippen molar-refractivity contribution in [3.63, 3.8) is 0 Å². The van der Waals surface area contributed by atoms with Crippen molar-refractivity contribution < 1.29 is 4.74 Å². The van der Waals surface area contributed by atoms with Gasteiger partial charge >= 0.3 is 0 Å². The van der Waals surface area contributed by atoms with Crippen LogP contribution in [0.1, 0.15) is 27.8 Å². The first-order valence-corrected chi connectivity index (χ1v) is 6.59. The molecule has 0 fully saturated rings. The Labute approximate surface area is 115 Å². The van der Waals surface area contributed by atoms with Gasteiger partial charge in [0, 0.05) is 12.1 Å². The molecule has 0 atom stereocenters. The SMILES string of the molecule is Cc1cc(C)c(COc2ccccc2CN)c(C)c1. The fraction of sp³-hybridized carbons (Fsp3) is 0.294. The second kappa shape index (κ2) is 5.89. The van der Waals surface area contributed by atoms with Gasteiger partial charge in [-0.05, 0) is 43.5 Å². The molecule has 2 aromatic rings. The summed E-state index contributed by atoms with van der Waals surface area (Å²) in [5.74, 6) is 0.879. The molecular weight excluding hydrogens is 234 g/mol. The zero-order chi connectivity index (χ0) is 13.8. The van der Waals surface area contributed by atoms with E-state index in [-0.39, 0.29) is 0 Å². The largest absolute Gasteiger partial charge is 0.489 e. The number of hydrogen-bond donors (Lipinski definition) is 1. The second-order valence-electron chi connectivity index (χ2n) is 4.98. The van der Waals surface area contributed by atoms with Crippen molar-refractivity contribution in [2.24, 2.45) is 5.73 Å². The van der Waals surface area contributed by atoms with E-state index in [1.165, 1.54) is 22.3 Å². The number of rotatable bonds is 4. The number of ether oxygens (including phenoxy) is 1. The van der Waals surface area contributed by atoms with E-state index in [4.69, 9.17) is 10.5 Å². The summed E-state index contributed by atoms with van der Waals surface area (Å²) in [7, 11) is 0. The smallest absolute Gasteiger partial charge is 0.124 e. The molecule has 2 rings (SSSR count). The van der Waals surface area contributed by atoms with E-state index in [0.717, 1.165) is 11.3 Å². The van der Waals surface area contributed by atoms with Crippen molar-refractivity contribution in [3.8, 4) is 5.75 Å². The van der Waals surface area contributed by atoms with Crippen LogP contribution in [0.4, 0.5) is 0 Å². The topological polar surface area (TPSA) is 35.2 Å². The Morgan fingerprint density at radius 3 is 2.26 bits per heavy atom. The minimum absolute atomic E-state index is 0.502. The summed E-state index contributed by atoms with van der Waals surface area (Å²) in [6, 6.07) is 12.3. The van der Waals surface area contributed by atoms with Gasteiger partial charge in [-0.15, -0.1) is 0 Å². The molecular formula is C17H21NO. The average Bonchev–Trinajstić information content (AvgIpc) is 2.38. The molecule has 0 aliphatic heterocycles. The fourth-order valence-corrected chi connectivity index (χ4v) is 2.40. The van der Waals surface area contributed by atoms with E-state index >= 15 is 0 Å². The Morgan fingerprint density at radius 2 is 1.63 bits per heavy atom. The van der Waals surface area contributed by atoms with Crippen LogP contribution in [0.5, 0.6) is 5.75 Å². The van der Waals surface area contributed by atoms with Crippen LogP contribution in [0.2, 0.25) is 0 Å². The standard InChI is InChI=1S/C17H21NO/c1-12-8-13(2)16(14(3)9-12)11-19-17-7-5-4-6-15(17)10-18/h4-9H,10-11,18H2,1-3H3. The van der Waals surface area contributed by atoms with Gasteiger partial charge < -0.3 is 10.5 Å². The van der Waals surface area contributed by atoms with Crippen LogP contribution in [-0.2, 0) is 13.2 Å². The molecule has 0 aliphatic carbocycles. The monoisotopic (exact) mass is 255 g/mol. The molecule has 100 valence electrons. The minimum atomic E-state index is 0.502. The van der Waals surface area contributed by atoms with Gasteiger partial charge in [0.2, 0.25) is 0 Å². The average molecular weight is 255 g/mol. The third kappa shape index (κ3) is 3.15. The highest BCUT2D eigenvalue weighted by Crippen LogP contribution is 2.22. The highest BCUT2D eigenvalue weighted by Gasteiger charge is 2.06. The third-order valence-electron chi connectivity index (χ3n) is 3.40. The molecule has 0 radical (unpaired) electrons. The van der Waals surface area contributed by atoms with E-state index in [2.05, 4.69) is 32.9 Å². The number of benzene rings is 2. The van der Waals surface area contributed by atoms with Crippen molar-refractivity contribution in [1.29, 1.82) is 0 Å². The molecule has 0 heterocycles. The molecule has 0 saturated heterocycles. The summed E-state index contributed by atoms with van der Waals surface area (Å²) in [4.78, 5) is 0. The maximum atomic E-state index is 5.94. The lowest BCUT2D eigenvalue weighted by Crippen LogP contribution is -2.05. The van der Waals surface area contributed by atoms with Crippen LogP contribution < -0.4 is 10.5 Å². The van der Waals surface area contributed by atoms with Gasteiger partial charge in [-0.3, -0.25) is 0 Å². The van der Waals surface area contributed by atoms with E-state index in [1.54, 1.807) is 0 Å². The van der Waals surface area contributed by atoms with Gasteiger partial charge in [-0.1, -0.05) is 35.9 Å². The quantitative estimate of drug-likeness (QED) is 0.905. The Bertz CT molecular complexity index is 552. The summed E-state index contributed by atoms with van der Waals surface area (Å²) < 4.78 is 5.94. The zero-order valence-corrected chi connectivity index (χ0v) is 11.9. The van der Waals surface area contributed by atoms with Crippen LogP contribution >= 0.6 is 0 Å². The number of aryl methyl sites for hydroxylation is 3. The molecule has 0 unspecified atom stereocenters. The van der Waals surface area contributed by atoms with Crippen molar-refractivity contribution in [2.75, 3.05) is 0 Å². The Morgan fingerprint density at radius 1 is 1.00 bits per heavy atom. The Balaban J connectivity index is 2.19. The summed E-state index contributed by atoms with van der Waals surface area (Å²) in [6.45, 7) is 7.48. The van der Waals surface area contributed by atoms with Gasteiger partial charge in [0.1, 0.15) is 12.4 Å². The first-order chi connectivity index (χ1) is 9.11. The molecule has 0 saturated carbocycles. The predicted molar refractivity (Wildman–Crippen MR) is 79.3 cm³/mol. The van der Waals surface area contributed by atoms with Crippen LogP contribution in [0.25, 0.3) is 0 Å². The number of hydrogen-bond acceptors (Lipinski definition) is 2.